The van der Waals surface area contributed by atoms with Gasteiger partial charge in [-0.3, -0.25) is 14.4 Å². The maximum Gasteiger partial charge on any atom is 0.573 e. The van der Waals surface area contributed by atoms with Crippen LogP contribution < -0.4 is 15.8 Å². The summed E-state index contributed by atoms with van der Waals surface area (Å²) >= 11 is 0. The first-order valence-corrected chi connectivity index (χ1v) is 12.0. The largest absolute Gasteiger partial charge is 0.573 e. The minimum absolute atomic E-state index is 0.0338. The molecule has 1 aromatic carbocycles. The maximum absolute atomic E-state index is 13.8. The summed E-state index contributed by atoms with van der Waals surface area (Å²) in [4.78, 5) is 40.3. The van der Waals surface area contributed by atoms with Gasteiger partial charge in [0.25, 0.3) is 5.91 Å². The number of halogens is 3. The SMILES string of the molecule is CCN[C@@H]1C(=O)C(C(N)=O)=C(O)[C@@]2(O)C(=O)C3=C(O)c4c(O)cc(CN(C)C)c(OC(F)(F)F)c4C[C@H]3C[C@@H]12. The van der Waals surface area contributed by atoms with Crippen molar-refractivity contribution in [2.75, 3.05) is 20.6 Å². The zero-order chi connectivity index (χ0) is 29.2. The van der Waals surface area contributed by atoms with Gasteiger partial charge in [0.2, 0.25) is 5.78 Å². The van der Waals surface area contributed by atoms with Crippen LogP contribution in [0.3, 0.4) is 0 Å². The normalized spacial score (nSPS) is 26.9. The Balaban J connectivity index is 1.97. The first-order valence-electron chi connectivity index (χ1n) is 12.0. The molecule has 3 aliphatic rings. The number of Topliss-reactive ketones (excluding diaryl/α,β-unsaturated/α-hetero) is 2. The number of alkyl halides is 3. The highest BCUT2D eigenvalue weighted by Crippen LogP contribution is 2.54. The number of phenolic OH excluding ortho intramolecular Hbond substituents is 1. The van der Waals surface area contributed by atoms with E-state index in [1.165, 1.54) is 0 Å². The molecule has 4 rings (SSSR count). The Labute approximate surface area is 220 Å². The van der Waals surface area contributed by atoms with Crippen molar-refractivity contribution in [3.63, 3.8) is 0 Å². The number of hydrogen-bond donors (Lipinski definition) is 6. The predicted octanol–water partition coefficient (Wildman–Crippen LogP) is 0.972. The minimum Gasteiger partial charge on any atom is -0.508 e. The molecule has 212 valence electrons. The third-order valence-electron chi connectivity index (χ3n) is 7.36. The summed E-state index contributed by atoms with van der Waals surface area (Å²) in [5.41, 5.74) is 0.215. The highest BCUT2D eigenvalue weighted by molar-refractivity contribution is 6.24. The van der Waals surface area contributed by atoms with Crippen LogP contribution in [0.1, 0.15) is 30.0 Å². The van der Waals surface area contributed by atoms with Crippen LogP contribution in [0.15, 0.2) is 23.0 Å². The summed E-state index contributed by atoms with van der Waals surface area (Å²) in [6.07, 6.45) is -5.74. The van der Waals surface area contributed by atoms with Crippen LogP contribution >= 0.6 is 0 Å². The van der Waals surface area contributed by atoms with Crippen molar-refractivity contribution in [3.8, 4) is 11.5 Å². The van der Waals surface area contributed by atoms with E-state index in [4.69, 9.17) is 5.73 Å². The summed E-state index contributed by atoms with van der Waals surface area (Å²) in [5, 5.41) is 47.0. The molecule has 1 saturated carbocycles. The Bertz CT molecular complexity index is 1340. The van der Waals surface area contributed by atoms with E-state index in [1.807, 2.05) is 0 Å². The Morgan fingerprint density at radius 1 is 1.26 bits per heavy atom. The van der Waals surface area contributed by atoms with Crippen molar-refractivity contribution in [2.45, 2.75) is 44.3 Å². The number of carbonyl (C=O) groups excluding carboxylic acids is 3. The fourth-order valence-corrected chi connectivity index (χ4v) is 5.94. The van der Waals surface area contributed by atoms with Crippen molar-refractivity contribution in [2.24, 2.45) is 17.6 Å². The van der Waals surface area contributed by atoms with Gasteiger partial charge in [-0.1, -0.05) is 6.92 Å². The van der Waals surface area contributed by atoms with Gasteiger partial charge in [-0.25, -0.2) is 0 Å². The predicted molar refractivity (Wildman–Crippen MR) is 128 cm³/mol. The van der Waals surface area contributed by atoms with Crippen LogP contribution in [-0.4, -0.2) is 81.4 Å². The number of amides is 1. The number of aliphatic hydroxyl groups excluding tert-OH is 2. The average molecular weight is 556 g/mol. The number of ketones is 2. The highest BCUT2D eigenvalue weighted by atomic mass is 19.4. The summed E-state index contributed by atoms with van der Waals surface area (Å²) in [6.45, 7) is 1.70. The number of fused-ring (bicyclic) bond motifs is 3. The van der Waals surface area contributed by atoms with E-state index < -0.39 is 87.0 Å². The monoisotopic (exact) mass is 555 g/mol. The van der Waals surface area contributed by atoms with Gasteiger partial charge < -0.3 is 41.1 Å². The molecule has 0 aromatic heterocycles. The molecule has 0 aliphatic heterocycles. The van der Waals surface area contributed by atoms with Gasteiger partial charge in [0, 0.05) is 29.2 Å². The van der Waals surface area contributed by atoms with Crippen LogP contribution in [0, 0.1) is 11.8 Å². The molecule has 1 aromatic rings. The van der Waals surface area contributed by atoms with Crippen molar-refractivity contribution in [1.82, 2.24) is 10.2 Å². The molecular formula is C25H28F3N3O8. The summed E-state index contributed by atoms with van der Waals surface area (Å²) in [5.74, 6) is -9.48. The van der Waals surface area contributed by atoms with Crippen molar-refractivity contribution in [1.29, 1.82) is 0 Å². The maximum atomic E-state index is 13.8. The van der Waals surface area contributed by atoms with Crippen LogP contribution in [0.2, 0.25) is 0 Å². The van der Waals surface area contributed by atoms with Gasteiger partial charge in [-0.05, 0) is 45.5 Å². The molecule has 0 heterocycles. The molecule has 0 unspecified atom stereocenters. The third kappa shape index (κ3) is 4.41. The number of likely N-dealkylation sites (N-methyl/N-ethyl adjacent to an activating group) is 1. The first kappa shape index (κ1) is 28.4. The molecule has 4 atom stereocenters. The molecular weight excluding hydrogens is 527 g/mol. The first-order chi connectivity index (χ1) is 18.0. The zero-order valence-electron chi connectivity index (χ0n) is 21.2. The molecule has 0 bridgehead atoms. The van der Waals surface area contributed by atoms with Crippen molar-refractivity contribution < 1.29 is 52.7 Å². The lowest BCUT2D eigenvalue weighted by Gasteiger charge is -2.49. The van der Waals surface area contributed by atoms with E-state index in [0.29, 0.717) is 0 Å². The van der Waals surface area contributed by atoms with Gasteiger partial charge in [0.05, 0.1) is 11.6 Å². The number of nitrogens with two attached hydrogens (primary N) is 1. The molecule has 0 saturated heterocycles. The van der Waals surface area contributed by atoms with E-state index in [2.05, 4.69) is 10.1 Å². The lowest BCUT2D eigenvalue weighted by Crippen LogP contribution is -2.66. The average Bonchev–Trinajstić information content (AvgIpc) is 2.80. The Kier molecular flexibility index (Phi) is 6.94. The fourth-order valence-electron chi connectivity index (χ4n) is 5.94. The fraction of sp³-hybridized carbons (Fsp3) is 0.480. The van der Waals surface area contributed by atoms with Gasteiger partial charge >= 0.3 is 6.36 Å². The quantitative estimate of drug-likeness (QED) is 0.277. The van der Waals surface area contributed by atoms with E-state index in [0.717, 1.165) is 6.07 Å². The third-order valence-corrected chi connectivity index (χ3v) is 7.36. The van der Waals surface area contributed by atoms with E-state index >= 15 is 0 Å². The number of nitrogens with zero attached hydrogens (tertiary/aromatic N) is 1. The zero-order valence-corrected chi connectivity index (χ0v) is 21.2. The van der Waals surface area contributed by atoms with Crippen LogP contribution in [-0.2, 0) is 27.3 Å². The molecule has 3 aliphatic carbocycles. The summed E-state index contributed by atoms with van der Waals surface area (Å²) in [7, 11) is 3.18. The number of phenols is 1. The number of benzene rings is 1. The number of aromatic hydroxyl groups is 1. The smallest absolute Gasteiger partial charge is 0.508 e. The lowest BCUT2D eigenvalue weighted by atomic mass is 9.57. The molecule has 1 amide bonds. The summed E-state index contributed by atoms with van der Waals surface area (Å²) < 4.78 is 44.7. The van der Waals surface area contributed by atoms with Crippen LogP contribution in [0.25, 0.3) is 5.76 Å². The van der Waals surface area contributed by atoms with Crippen LogP contribution in [0.5, 0.6) is 11.5 Å². The van der Waals surface area contributed by atoms with E-state index in [-0.39, 0.29) is 37.1 Å². The molecule has 1 fully saturated rings. The summed E-state index contributed by atoms with van der Waals surface area (Å²) in [6, 6.07) is -0.378. The second kappa shape index (κ2) is 9.54. The number of carbonyl (C=O) groups is 3. The number of primary amides is 1. The van der Waals surface area contributed by atoms with Crippen molar-refractivity contribution in [3.05, 3.63) is 39.7 Å². The van der Waals surface area contributed by atoms with Gasteiger partial charge in [-0.2, -0.15) is 0 Å². The minimum atomic E-state index is -5.12. The molecule has 11 nitrogen and oxygen atoms in total. The molecule has 0 spiro atoms. The van der Waals surface area contributed by atoms with Crippen LogP contribution in [0.4, 0.5) is 13.2 Å². The van der Waals surface area contributed by atoms with Gasteiger partial charge in [0.1, 0.15) is 28.6 Å². The number of nitrogens with one attached hydrogen (secondary N) is 1. The second-order valence-corrected chi connectivity index (χ2v) is 10.1. The lowest BCUT2D eigenvalue weighted by molar-refractivity contribution is -0.275. The molecule has 14 heteroatoms. The standard InChI is InChI=1S/C25H28F3N3O8/c1-4-30-17-12-6-9-5-11-15(13(32)7-10(8-31(2)3)20(11)39-25(26,27)28)18(33)14(9)21(35)24(12,38)22(36)16(19(17)34)23(29)37/h7,9,12,17,30,32-33,36,38H,4-6,8H2,1-3H3,(H2,29,37)/t9-,12-,17-,24-/m0/s1. The molecule has 7 N–H and O–H groups in total. The second-order valence-electron chi connectivity index (χ2n) is 10.1. The van der Waals surface area contributed by atoms with Crippen molar-refractivity contribution >= 4 is 23.2 Å². The molecule has 0 radical (unpaired) electrons. The number of ether oxygens (including phenoxy) is 1. The Hall–Kier alpha value is -3.62. The molecule has 39 heavy (non-hydrogen) atoms. The number of rotatable bonds is 6. The van der Waals surface area contributed by atoms with E-state index in [1.54, 1.807) is 25.9 Å². The van der Waals surface area contributed by atoms with Gasteiger partial charge in [-0.15, -0.1) is 13.2 Å². The number of hydrogen-bond acceptors (Lipinski definition) is 10. The topological polar surface area (TPSA) is 183 Å². The Morgan fingerprint density at radius 3 is 2.44 bits per heavy atom. The number of aliphatic hydroxyl groups is 3. The van der Waals surface area contributed by atoms with E-state index in [9.17, 15) is 48.0 Å². The Morgan fingerprint density at radius 2 is 1.90 bits per heavy atom. The van der Waals surface area contributed by atoms with Gasteiger partial charge in [0.15, 0.2) is 11.4 Å². The highest BCUT2D eigenvalue weighted by Gasteiger charge is 2.63.